The number of rotatable bonds is 2. The molecule has 0 radical (unpaired) electrons. The fourth-order valence-electron chi connectivity index (χ4n) is 3.11. The summed E-state index contributed by atoms with van der Waals surface area (Å²) in [4.78, 5) is 18.8. The smallest absolute Gasteiger partial charge is 0.264 e. The molecule has 1 amide bonds. The van der Waals surface area contributed by atoms with Gasteiger partial charge in [-0.15, -0.1) is 11.3 Å². The molecule has 4 rings (SSSR count). The van der Waals surface area contributed by atoms with Crippen LogP contribution in [0.2, 0.25) is 0 Å². The first-order chi connectivity index (χ1) is 10.8. The molecule has 1 aliphatic heterocycles. The first kappa shape index (κ1) is 13.4. The highest BCUT2D eigenvalue weighted by Crippen LogP contribution is 2.33. The van der Waals surface area contributed by atoms with Crippen molar-refractivity contribution in [2.75, 3.05) is 13.7 Å². The molecule has 112 valence electrons. The van der Waals surface area contributed by atoms with Gasteiger partial charge < -0.3 is 14.6 Å². The molecule has 3 aromatic rings. The van der Waals surface area contributed by atoms with Crippen LogP contribution in [-0.4, -0.2) is 29.4 Å². The molecule has 0 saturated heterocycles. The van der Waals surface area contributed by atoms with Gasteiger partial charge in [-0.05, 0) is 17.5 Å². The molecule has 2 aromatic heterocycles. The molecule has 1 aromatic carbocycles. The van der Waals surface area contributed by atoms with Crippen LogP contribution in [0.5, 0.6) is 5.75 Å². The first-order valence-electron chi connectivity index (χ1n) is 7.27. The van der Waals surface area contributed by atoms with E-state index in [9.17, 15) is 4.79 Å². The highest BCUT2D eigenvalue weighted by atomic mass is 32.1. The van der Waals surface area contributed by atoms with Crippen molar-refractivity contribution in [2.45, 2.75) is 13.0 Å². The van der Waals surface area contributed by atoms with Gasteiger partial charge in [0.05, 0.1) is 17.5 Å². The number of aromatic nitrogens is 1. The molecule has 0 aliphatic carbocycles. The van der Waals surface area contributed by atoms with Gasteiger partial charge in [0.1, 0.15) is 5.75 Å². The Morgan fingerprint density at radius 1 is 1.32 bits per heavy atom. The maximum absolute atomic E-state index is 12.6. The third kappa shape index (κ3) is 2.01. The van der Waals surface area contributed by atoms with Gasteiger partial charge in [-0.3, -0.25) is 4.79 Å². The number of carbonyl (C=O) groups excluding carboxylic acids is 1. The maximum Gasteiger partial charge on any atom is 0.264 e. The van der Waals surface area contributed by atoms with E-state index in [1.807, 2.05) is 34.5 Å². The Hall–Kier alpha value is -2.27. The zero-order valence-electron chi connectivity index (χ0n) is 12.3. The van der Waals surface area contributed by atoms with E-state index in [1.54, 1.807) is 7.11 Å². The molecular weight excluding hydrogens is 296 g/mol. The van der Waals surface area contributed by atoms with Crippen LogP contribution < -0.4 is 4.74 Å². The maximum atomic E-state index is 12.6. The third-order valence-corrected chi connectivity index (χ3v) is 5.07. The number of ether oxygens (including phenoxy) is 1. The van der Waals surface area contributed by atoms with Crippen molar-refractivity contribution in [3.05, 3.63) is 51.8 Å². The van der Waals surface area contributed by atoms with Crippen molar-refractivity contribution in [3.63, 3.8) is 0 Å². The predicted octanol–water partition coefficient (Wildman–Crippen LogP) is 3.44. The van der Waals surface area contributed by atoms with E-state index in [2.05, 4.69) is 11.1 Å². The Morgan fingerprint density at radius 2 is 2.23 bits per heavy atom. The molecule has 1 aliphatic rings. The lowest BCUT2D eigenvalue weighted by atomic mass is 10.0. The van der Waals surface area contributed by atoms with E-state index in [0.29, 0.717) is 6.54 Å². The number of fused-ring (bicyclic) bond motifs is 3. The third-order valence-electron chi connectivity index (χ3n) is 4.21. The van der Waals surface area contributed by atoms with Crippen LogP contribution in [0.25, 0.3) is 10.9 Å². The number of nitrogens with zero attached hydrogens (tertiary/aromatic N) is 1. The molecule has 0 saturated carbocycles. The summed E-state index contributed by atoms with van der Waals surface area (Å²) >= 11 is 1.50. The van der Waals surface area contributed by atoms with Crippen molar-refractivity contribution in [3.8, 4) is 5.75 Å². The van der Waals surface area contributed by atoms with Crippen molar-refractivity contribution in [1.82, 2.24) is 9.88 Å². The Labute approximate surface area is 132 Å². The normalized spacial score (nSPS) is 14.1. The molecule has 0 atom stereocenters. The van der Waals surface area contributed by atoms with Crippen molar-refractivity contribution in [1.29, 1.82) is 0 Å². The minimum atomic E-state index is 0.123. The Balaban J connectivity index is 1.72. The van der Waals surface area contributed by atoms with Gasteiger partial charge in [0, 0.05) is 36.2 Å². The van der Waals surface area contributed by atoms with Crippen LogP contribution in [0, 0.1) is 0 Å². The number of carbonyl (C=O) groups is 1. The molecule has 3 heterocycles. The van der Waals surface area contributed by atoms with E-state index in [1.165, 1.54) is 22.6 Å². The van der Waals surface area contributed by atoms with Crippen LogP contribution in [0.1, 0.15) is 20.9 Å². The average molecular weight is 312 g/mol. The summed E-state index contributed by atoms with van der Waals surface area (Å²) in [5.41, 5.74) is 3.46. The second-order valence-electron chi connectivity index (χ2n) is 5.42. The number of thiophene rings is 1. The van der Waals surface area contributed by atoms with Gasteiger partial charge in [-0.1, -0.05) is 18.2 Å². The Morgan fingerprint density at radius 3 is 3.00 bits per heavy atom. The number of amides is 1. The van der Waals surface area contributed by atoms with Gasteiger partial charge in [-0.2, -0.15) is 0 Å². The zero-order chi connectivity index (χ0) is 15.1. The summed E-state index contributed by atoms with van der Waals surface area (Å²) in [5.74, 6) is 0.973. The summed E-state index contributed by atoms with van der Waals surface area (Å²) in [6.07, 6.45) is 0.851. The fraction of sp³-hybridized carbons (Fsp3) is 0.235. The minimum Gasteiger partial charge on any atom is -0.495 e. The number of hydrogen-bond donors (Lipinski definition) is 1. The largest absolute Gasteiger partial charge is 0.495 e. The molecule has 0 spiro atoms. The van der Waals surface area contributed by atoms with Gasteiger partial charge in [0.2, 0.25) is 0 Å². The lowest BCUT2D eigenvalue weighted by Crippen LogP contribution is -2.35. The lowest BCUT2D eigenvalue weighted by Gasteiger charge is -2.26. The minimum absolute atomic E-state index is 0.123. The zero-order valence-corrected chi connectivity index (χ0v) is 13.1. The van der Waals surface area contributed by atoms with Crippen LogP contribution in [0.3, 0.4) is 0 Å². The average Bonchev–Trinajstić information content (AvgIpc) is 3.20. The van der Waals surface area contributed by atoms with E-state index in [0.717, 1.165) is 34.5 Å². The highest BCUT2D eigenvalue weighted by Gasteiger charge is 2.25. The lowest BCUT2D eigenvalue weighted by molar-refractivity contribution is 0.0740. The number of benzene rings is 1. The SMILES string of the molecule is COc1cccc2c3c([nH]c12)CCN(C(=O)c1cccs1)C3. The van der Waals surface area contributed by atoms with E-state index in [4.69, 9.17) is 4.74 Å². The Bertz CT molecular complexity index is 836. The molecule has 22 heavy (non-hydrogen) atoms. The van der Waals surface area contributed by atoms with Crippen LogP contribution in [0.15, 0.2) is 35.7 Å². The van der Waals surface area contributed by atoms with E-state index in [-0.39, 0.29) is 5.91 Å². The number of hydrogen-bond acceptors (Lipinski definition) is 3. The predicted molar refractivity (Wildman–Crippen MR) is 87.6 cm³/mol. The molecule has 0 unspecified atom stereocenters. The van der Waals surface area contributed by atoms with E-state index < -0.39 is 0 Å². The van der Waals surface area contributed by atoms with Crippen molar-refractivity contribution >= 4 is 28.1 Å². The Kier molecular flexibility index (Phi) is 3.15. The number of nitrogens with one attached hydrogen (secondary N) is 1. The summed E-state index contributed by atoms with van der Waals surface area (Å²) in [6, 6.07) is 9.85. The van der Waals surface area contributed by atoms with Crippen molar-refractivity contribution in [2.24, 2.45) is 0 Å². The quantitative estimate of drug-likeness (QED) is 0.788. The second-order valence-corrected chi connectivity index (χ2v) is 6.37. The molecule has 0 fully saturated rings. The standard InChI is InChI=1S/C17H16N2O2S/c1-21-14-5-2-4-11-12-10-19(8-7-13(12)18-16(11)14)17(20)15-6-3-9-22-15/h2-6,9,18H,7-8,10H2,1H3. The number of para-hydroxylation sites is 1. The van der Waals surface area contributed by atoms with Gasteiger partial charge >= 0.3 is 0 Å². The monoisotopic (exact) mass is 312 g/mol. The molecule has 1 N–H and O–H groups in total. The fourth-order valence-corrected chi connectivity index (χ4v) is 3.80. The number of methoxy groups -OCH3 is 1. The highest BCUT2D eigenvalue weighted by molar-refractivity contribution is 7.12. The van der Waals surface area contributed by atoms with Gasteiger partial charge in [0.25, 0.3) is 5.91 Å². The summed E-state index contributed by atoms with van der Waals surface area (Å²) < 4.78 is 5.43. The molecular formula is C17H16N2O2S. The number of H-pyrrole nitrogens is 1. The number of aromatic amines is 1. The van der Waals surface area contributed by atoms with Crippen molar-refractivity contribution < 1.29 is 9.53 Å². The van der Waals surface area contributed by atoms with Crippen LogP contribution in [-0.2, 0) is 13.0 Å². The van der Waals surface area contributed by atoms with Gasteiger partial charge in [0.15, 0.2) is 0 Å². The van der Waals surface area contributed by atoms with E-state index >= 15 is 0 Å². The van der Waals surface area contributed by atoms with Crippen LogP contribution >= 0.6 is 11.3 Å². The molecule has 4 nitrogen and oxygen atoms in total. The summed E-state index contributed by atoms with van der Waals surface area (Å²) in [6.45, 7) is 1.40. The van der Waals surface area contributed by atoms with Crippen LogP contribution in [0.4, 0.5) is 0 Å². The molecule has 0 bridgehead atoms. The summed E-state index contributed by atoms with van der Waals surface area (Å²) in [5, 5.41) is 3.09. The topological polar surface area (TPSA) is 45.3 Å². The van der Waals surface area contributed by atoms with Gasteiger partial charge in [-0.25, -0.2) is 0 Å². The second kappa shape index (κ2) is 5.18. The molecule has 5 heteroatoms. The summed E-state index contributed by atoms with van der Waals surface area (Å²) in [7, 11) is 1.68. The first-order valence-corrected chi connectivity index (χ1v) is 8.15.